The Morgan fingerprint density at radius 2 is 2.00 bits per heavy atom. The first kappa shape index (κ1) is 7.77. The van der Waals surface area contributed by atoms with Gasteiger partial charge in [0.25, 0.3) is 0 Å². The van der Waals surface area contributed by atoms with E-state index in [-0.39, 0.29) is 6.04 Å². The lowest BCUT2D eigenvalue weighted by atomic mass is 10.0. The van der Waals surface area contributed by atoms with Crippen LogP contribution in [-0.4, -0.2) is 12.6 Å². The molecule has 1 saturated heterocycles. The van der Waals surface area contributed by atoms with Crippen LogP contribution in [0, 0.1) is 0 Å². The summed E-state index contributed by atoms with van der Waals surface area (Å²) < 4.78 is 0. The average Bonchev–Trinajstić information content (AvgIpc) is 2.53. The molecule has 0 radical (unpaired) electrons. The highest BCUT2D eigenvalue weighted by Crippen LogP contribution is 2.21. The van der Waals surface area contributed by atoms with Crippen LogP contribution in [0.4, 0.5) is 0 Å². The molecule has 0 aromatic heterocycles. The van der Waals surface area contributed by atoms with Gasteiger partial charge in [0.2, 0.25) is 0 Å². The monoisotopic (exact) mass is 162 g/mol. The van der Waals surface area contributed by atoms with Crippen molar-refractivity contribution < 1.29 is 0 Å². The number of benzene rings is 1. The van der Waals surface area contributed by atoms with E-state index in [1.54, 1.807) is 0 Å². The number of rotatable bonds is 1. The standard InChI is InChI=1S/C10H14N2/c11-9-6-7-12-10(9)8-4-2-1-3-5-8/h1-5,9-10,12H,6-7,11H2/t9-,10+/m0/s1. The van der Waals surface area contributed by atoms with Crippen molar-refractivity contribution in [3.8, 4) is 0 Å². The SMILES string of the molecule is N[C@H]1CCN[C@@H]1c1ccccc1. The Kier molecular flexibility index (Phi) is 2.11. The van der Waals surface area contributed by atoms with E-state index < -0.39 is 0 Å². The van der Waals surface area contributed by atoms with Gasteiger partial charge in [0.05, 0.1) is 0 Å². The van der Waals surface area contributed by atoms with Gasteiger partial charge in [-0.05, 0) is 18.5 Å². The minimum Gasteiger partial charge on any atom is -0.326 e. The maximum Gasteiger partial charge on any atom is 0.0474 e. The van der Waals surface area contributed by atoms with E-state index in [1.165, 1.54) is 5.56 Å². The molecule has 3 N–H and O–H groups in total. The van der Waals surface area contributed by atoms with Crippen molar-refractivity contribution >= 4 is 0 Å². The molecule has 2 nitrogen and oxygen atoms in total. The molecule has 0 spiro atoms. The van der Waals surface area contributed by atoms with Gasteiger partial charge in [-0.25, -0.2) is 0 Å². The van der Waals surface area contributed by atoms with Gasteiger partial charge in [0.1, 0.15) is 0 Å². The van der Waals surface area contributed by atoms with Crippen LogP contribution in [0.2, 0.25) is 0 Å². The van der Waals surface area contributed by atoms with Crippen molar-refractivity contribution in [2.75, 3.05) is 6.54 Å². The van der Waals surface area contributed by atoms with Gasteiger partial charge in [-0.3, -0.25) is 0 Å². The summed E-state index contributed by atoms with van der Waals surface area (Å²) in [5, 5.41) is 3.40. The van der Waals surface area contributed by atoms with E-state index in [9.17, 15) is 0 Å². The molecule has 0 aliphatic carbocycles. The number of hydrogen-bond acceptors (Lipinski definition) is 2. The van der Waals surface area contributed by atoms with E-state index in [1.807, 2.05) is 6.07 Å². The summed E-state index contributed by atoms with van der Waals surface area (Å²) in [7, 11) is 0. The Hall–Kier alpha value is -0.860. The Labute approximate surface area is 72.8 Å². The van der Waals surface area contributed by atoms with Crippen LogP contribution in [0.3, 0.4) is 0 Å². The molecule has 1 fully saturated rings. The van der Waals surface area contributed by atoms with Crippen molar-refractivity contribution in [2.24, 2.45) is 5.73 Å². The molecular weight excluding hydrogens is 148 g/mol. The smallest absolute Gasteiger partial charge is 0.0474 e. The van der Waals surface area contributed by atoms with E-state index in [2.05, 4.69) is 29.6 Å². The first-order valence-electron chi connectivity index (χ1n) is 4.42. The topological polar surface area (TPSA) is 38.0 Å². The van der Waals surface area contributed by atoms with Crippen LogP contribution < -0.4 is 11.1 Å². The molecule has 1 aromatic carbocycles. The summed E-state index contributed by atoms with van der Waals surface area (Å²) in [4.78, 5) is 0. The van der Waals surface area contributed by atoms with Crippen LogP contribution in [-0.2, 0) is 0 Å². The zero-order chi connectivity index (χ0) is 8.39. The van der Waals surface area contributed by atoms with Crippen molar-refractivity contribution in [2.45, 2.75) is 18.5 Å². The molecular formula is C10H14N2. The van der Waals surface area contributed by atoms with Gasteiger partial charge >= 0.3 is 0 Å². The lowest BCUT2D eigenvalue weighted by Gasteiger charge is -2.15. The number of nitrogens with one attached hydrogen (secondary N) is 1. The zero-order valence-electron chi connectivity index (χ0n) is 7.03. The molecule has 1 heterocycles. The first-order valence-corrected chi connectivity index (χ1v) is 4.42. The second-order valence-corrected chi connectivity index (χ2v) is 3.30. The predicted octanol–water partition coefficient (Wildman–Crippen LogP) is 1.05. The van der Waals surface area contributed by atoms with Crippen molar-refractivity contribution in [3.05, 3.63) is 35.9 Å². The largest absolute Gasteiger partial charge is 0.326 e. The lowest BCUT2D eigenvalue weighted by molar-refractivity contribution is 0.571. The van der Waals surface area contributed by atoms with Crippen LogP contribution >= 0.6 is 0 Å². The molecule has 1 aromatic rings. The van der Waals surface area contributed by atoms with Crippen LogP contribution in [0.1, 0.15) is 18.0 Å². The van der Waals surface area contributed by atoms with E-state index in [0.717, 1.165) is 13.0 Å². The molecule has 12 heavy (non-hydrogen) atoms. The molecule has 2 heteroatoms. The third-order valence-corrected chi connectivity index (χ3v) is 2.43. The quantitative estimate of drug-likeness (QED) is 0.647. The fourth-order valence-electron chi connectivity index (χ4n) is 1.75. The summed E-state index contributed by atoms with van der Waals surface area (Å²) in [5.41, 5.74) is 7.26. The fourth-order valence-corrected chi connectivity index (χ4v) is 1.75. The van der Waals surface area contributed by atoms with Gasteiger partial charge in [-0.2, -0.15) is 0 Å². The van der Waals surface area contributed by atoms with Crippen molar-refractivity contribution in [3.63, 3.8) is 0 Å². The molecule has 0 bridgehead atoms. The molecule has 2 atom stereocenters. The Balaban J connectivity index is 2.19. The Morgan fingerprint density at radius 3 is 2.58 bits per heavy atom. The summed E-state index contributed by atoms with van der Waals surface area (Å²) in [6.45, 7) is 1.04. The predicted molar refractivity (Wildman–Crippen MR) is 49.8 cm³/mol. The highest BCUT2D eigenvalue weighted by Gasteiger charge is 2.23. The van der Waals surface area contributed by atoms with Gasteiger partial charge in [-0.1, -0.05) is 30.3 Å². The summed E-state index contributed by atoms with van der Waals surface area (Å²) >= 11 is 0. The maximum absolute atomic E-state index is 5.95. The summed E-state index contributed by atoms with van der Waals surface area (Å²) in [5.74, 6) is 0. The second kappa shape index (κ2) is 3.25. The minimum atomic E-state index is 0.285. The molecule has 2 rings (SSSR count). The van der Waals surface area contributed by atoms with Gasteiger partial charge < -0.3 is 11.1 Å². The third kappa shape index (κ3) is 1.36. The van der Waals surface area contributed by atoms with Gasteiger partial charge in [0, 0.05) is 12.1 Å². The molecule has 0 amide bonds. The Morgan fingerprint density at radius 1 is 1.25 bits per heavy atom. The molecule has 0 saturated carbocycles. The number of nitrogens with two attached hydrogens (primary N) is 1. The summed E-state index contributed by atoms with van der Waals surface area (Å²) in [6.07, 6.45) is 1.08. The van der Waals surface area contributed by atoms with E-state index >= 15 is 0 Å². The second-order valence-electron chi connectivity index (χ2n) is 3.30. The lowest BCUT2D eigenvalue weighted by Crippen LogP contribution is -2.27. The van der Waals surface area contributed by atoms with Crippen LogP contribution in [0.15, 0.2) is 30.3 Å². The highest BCUT2D eigenvalue weighted by molar-refractivity contribution is 5.21. The van der Waals surface area contributed by atoms with Crippen LogP contribution in [0.5, 0.6) is 0 Å². The van der Waals surface area contributed by atoms with E-state index in [4.69, 9.17) is 5.73 Å². The van der Waals surface area contributed by atoms with E-state index in [0.29, 0.717) is 6.04 Å². The summed E-state index contributed by atoms with van der Waals surface area (Å²) in [6, 6.07) is 11.1. The molecule has 64 valence electrons. The van der Waals surface area contributed by atoms with Gasteiger partial charge in [-0.15, -0.1) is 0 Å². The van der Waals surface area contributed by atoms with Crippen LogP contribution in [0.25, 0.3) is 0 Å². The molecule has 1 aliphatic rings. The number of hydrogen-bond donors (Lipinski definition) is 2. The maximum atomic E-state index is 5.95. The van der Waals surface area contributed by atoms with Crippen molar-refractivity contribution in [1.29, 1.82) is 0 Å². The fraction of sp³-hybridized carbons (Fsp3) is 0.400. The first-order chi connectivity index (χ1) is 5.88. The normalized spacial score (nSPS) is 29.1. The molecule has 0 unspecified atom stereocenters. The average molecular weight is 162 g/mol. The van der Waals surface area contributed by atoms with Crippen molar-refractivity contribution in [1.82, 2.24) is 5.32 Å². The minimum absolute atomic E-state index is 0.285. The third-order valence-electron chi connectivity index (χ3n) is 2.43. The zero-order valence-corrected chi connectivity index (χ0v) is 7.03. The van der Waals surface area contributed by atoms with Gasteiger partial charge in [0.15, 0.2) is 0 Å². The highest BCUT2D eigenvalue weighted by atomic mass is 15.0. The Bertz CT molecular complexity index is 245. The molecule has 1 aliphatic heterocycles.